The number of thiazole rings is 1. The number of nitrogen functional groups attached to an aromatic ring is 1. The molecule has 0 saturated heterocycles. The Morgan fingerprint density at radius 1 is 1.33 bits per heavy atom. The van der Waals surface area contributed by atoms with Gasteiger partial charge in [0.25, 0.3) is 0 Å². The fourth-order valence-electron chi connectivity index (χ4n) is 1.84. The van der Waals surface area contributed by atoms with Gasteiger partial charge in [-0.1, -0.05) is 18.2 Å². The van der Waals surface area contributed by atoms with Gasteiger partial charge in [0, 0.05) is 29.7 Å². The van der Waals surface area contributed by atoms with Crippen molar-refractivity contribution >= 4 is 16.5 Å². The number of nitrogens with zero attached hydrogens (tertiary/aromatic N) is 2. The Morgan fingerprint density at radius 2 is 2.11 bits per heavy atom. The maximum absolute atomic E-state index is 5.62. The molecule has 0 aliphatic heterocycles. The lowest BCUT2D eigenvalue weighted by atomic mass is 10.2. The standard InChI is InChI=1S/C13H17N3OS/c1-16(9-11-7-15-13(14)18-11)8-10-5-3-4-6-12(10)17-2/h3-7H,8-9H2,1-2H3,(H2,14,15). The van der Waals surface area contributed by atoms with Gasteiger partial charge in [-0.25, -0.2) is 4.98 Å². The largest absolute Gasteiger partial charge is 0.496 e. The summed E-state index contributed by atoms with van der Waals surface area (Å²) in [6, 6.07) is 8.06. The third kappa shape index (κ3) is 3.21. The van der Waals surface area contributed by atoms with Gasteiger partial charge < -0.3 is 10.5 Å². The lowest BCUT2D eigenvalue weighted by Gasteiger charge is -2.17. The topological polar surface area (TPSA) is 51.4 Å². The lowest BCUT2D eigenvalue weighted by Crippen LogP contribution is -2.17. The van der Waals surface area contributed by atoms with Gasteiger partial charge in [0.1, 0.15) is 5.75 Å². The highest BCUT2D eigenvalue weighted by atomic mass is 32.1. The molecule has 5 heteroatoms. The highest BCUT2D eigenvalue weighted by molar-refractivity contribution is 7.15. The van der Waals surface area contributed by atoms with E-state index in [2.05, 4.69) is 23.0 Å². The molecule has 0 atom stereocenters. The number of methoxy groups -OCH3 is 1. The van der Waals surface area contributed by atoms with E-state index in [1.165, 1.54) is 21.8 Å². The summed E-state index contributed by atoms with van der Waals surface area (Å²) in [6.07, 6.45) is 1.83. The Kier molecular flexibility index (Phi) is 4.17. The molecular formula is C13H17N3OS. The molecule has 0 aliphatic rings. The van der Waals surface area contributed by atoms with Crippen molar-refractivity contribution < 1.29 is 4.74 Å². The molecule has 0 spiro atoms. The number of nitrogens with two attached hydrogens (primary N) is 1. The Bertz CT molecular complexity index is 512. The third-order valence-corrected chi connectivity index (χ3v) is 3.44. The van der Waals surface area contributed by atoms with E-state index in [-0.39, 0.29) is 0 Å². The van der Waals surface area contributed by atoms with Gasteiger partial charge in [-0.15, -0.1) is 11.3 Å². The Labute approximate surface area is 111 Å². The summed E-state index contributed by atoms with van der Waals surface area (Å²) in [5, 5.41) is 0.621. The van der Waals surface area contributed by atoms with Crippen molar-refractivity contribution in [2.24, 2.45) is 0 Å². The van der Waals surface area contributed by atoms with E-state index in [0.717, 1.165) is 18.8 Å². The first-order valence-electron chi connectivity index (χ1n) is 5.69. The van der Waals surface area contributed by atoms with Crippen molar-refractivity contribution in [2.75, 3.05) is 19.9 Å². The number of hydrogen-bond acceptors (Lipinski definition) is 5. The molecule has 18 heavy (non-hydrogen) atoms. The molecule has 0 saturated carbocycles. The van der Waals surface area contributed by atoms with Crippen molar-refractivity contribution in [1.82, 2.24) is 9.88 Å². The number of benzene rings is 1. The number of ether oxygens (including phenoxy) is 1. The first kappa shape index (κ1) is 12.9. The van der Waals surface area contributed by atoms with Crippen LogP contribution in [0.5, 0.6) is 5.75 Å². The maximum Gasteiger partial charge on any atom is 0.180 e. The summed E-state index contributed by atoms with van der Waals surface area (Å²) in [6.45, 7) is 1.68. The molecule has 1 heterocycles. The predicted molar refractivity (Wildman–Crippen MR) is 74.7 cm³/mol. The van der Waals surface area contributed by atoms with Crippen LogP contribution in [0.3, 0.4) is 0 Å². The van der Waals surface area contributed by atoms with Gasteiger partial charge in [0.15, 0.2) is 5.13 Å². The average Bonchev–Trinajstić information content (AvgIpc) is 2.75. The minimum Gasteiger partial charge on any atom is -0.496 e. The van der Waals surface area contributed by atoms with E-state index in [0.29, 0.717) is 5.13 Å². The normalized spacial score (nSPS) is 10.8. The van der Waals surface area contributed by atoms with Gasteiger partial charge >= 0.3 is 0 Å². The zero-order valence-electron chi connectivity index (χ0n) is 10.6. The van der Waals surface area contributed by atoms with Crippen molar-refractivity contribution in [3.05, 3.63) is 40.9 Å². The lowest BCUT2D eigenvalue weighted by molar-refractivity contribution is 0.312. The Balaban J connectivity index is 2.00. The van der Waals surface area contributed by atoms with E-state index in [4.69, 9.17) is 10.5 Å². The predicted octanol–water partition coefficient (Wildman–Crippen LogP) is 2.37. The van der Waals surface area contributed by atoms with Crippen molar-refractivity contribution in [3.8, 4) is 5.75 Å². The van der Waals surface area contributed by atoms with Gasteiger partial charge in [-0.2, -0.15) is 0 Å². The zero-order valence-corrected chi connectivity index (χ0v) is 11.4. The number of anilines is 1. The summed E-state index contributed by atoms with van der Waals surface area (Å²) in [5.74, 6) is 0.924. The Hall–Kier alpha value is -1.59. The molecule has 0 aliphatic carbocycles. The van der Waals surface area contributed by atoms with Crippen LogP contribution in [-0.4, -0.2) is 24.0 Å². The van der Waals surface area contributed by atoms with Crippen LogP contribution in [0.2, 0.25) is 0 Å². The highest BCUT2D eigenvalue weighted by Crippen LogP contribution is 2.21. The minimum atomic E-state index is 0.621. The fourth-order valence-corrected chi connectivity index (χ4v) is 2.61. The molecule has 0 amide bonds. The van der Waals surface area contributed by atoms with Crippen molar-refractivity contribution in [3.63, 3.8) is 0 Å². The van der Waals surface area contributed by atoms with Crippen molar-refractivity contribution in [2.45, 2.75) is 13.1 Å². The quantitative estimate of drug-likeness (QED) is 0.899. The molecule has 2 rings (SSSR count). The zero-order chi connectivity index (χ0) is 13.0. The maximum atomic E-state index is 5.62. The molecule has 0 fully saturated rings. The van der Waals surface area contributed by atoms with E-state index in [1.54, 1.807) is 7.11 Å². The number of hydrogen-bond donors (Lipinski definition) is 1. The molecule has 1 aromatic carbocycles. The average molecular weight is 263 g/mol. The molecule has 1 aromatic heterocycles. The number of aromatic nitrogens is 1. The smallest absolute Gasteiger partial charge is 0.180 e. The monoisotopic (exact) mass is 263 g/mol. The van der Waals surface area contributed by atoms with Gasteiger partial charge in [0.05, 0.1) is 7.11 Å². The second-order valence-electron chi connectivity index (χ2n) is 4.15. The molecule has 4 nitrogen and oxygen atoms in total. The van der Waals surface area contributed by atoms with Crippen LogP contribution >= 0.6 is 11.3 Å². The molecule has 96 valence electrons. The van der Waals surface area contributed by atoms with Crippen LogP contribution in [0.25, 0.3) is 0 Å². The summed E-state index contributed by atoms with van der Waals surface area (Å²) in [7, 11) is 3.77. The van der Waals surface area contributed by atoms with E-state index in [1.807, 2.05) is 24.4 Å². The van der Waals surface area contributed by atoms with E-state index in [9.17, 15) is 0 Å². The molecule has 0 radical (unpaired) electrons. The van der Waals surface area contributed by atoms with Crippen LogP contribution in [0.4, 0.5) is 5.13 Å². The number of rotatable bonds is 5. The molecule has 2 aromatic rings. The summed E-state index contributed by atoms with van der Waals surface area (Å²) < 4.78 is 5.34. The number of para-hydroxylation sites is 1. The van der Waals surface area contributed by atoms with Gasteiger partial charge in [-0.3, -0.25) is 4.90 Å². The SMILES string of the molecule is COc1ccccc1CN(C)Cc1cnc(N)s1. The molecule has 0 unspecified atom stereocenters. The summed E-state index contributed by atoms with van der Waals surface area (Å²) >= 11 is 1.53. The second kappa shape index (κ2) is 5.84. The summed E-state index contributed by atoms with van der Waals surface area (Å²) in [5.41, 5.74) is 6.80. The van der Waals surface area contributed by atoms with Gasteiger partial charge in [-0.05, 0) is 13.1 Å². The molecular weight excluding hydrogens is 246 g/mol. The first-order chi connectivity index (χ1) is 8.69. The van der Waals surface area contributed by atoms with Crippen LogP contribution in [0.15, 0.2) is 30.5 Å². The Morgan fingerprint density at radius 3 is 2.78 bits per heavy atom. The van der Waals surface area contributed by atoms with Crippen LogP contribution in [0.1, 0.15) is 10.4 Å². The molecule has 2 N–H and O–H groups in total. The third-order valence-electron chi connectivity index (χ3n) is 2.63. The summed E-state index contributed by atoms with van der Waals surface area (Å²) in [4.78, 5) is 7.44. The highest BCUT2D eigenvalue weighted by Gasteiger charge is 2.07. The van der Waals surface area contributed by atoms with E-state index < -0.39 is 0 Å². The second-order valence-corrected chi connectivity index (χ2v) is 5.30. The molecule has 0 bridgehead atoms. The van der Waals surface area contributed by atoms with Gasteiger partial charge in [0.2, 0.25) is 0 Å². The first-order valence-corrected chi connectivity index (χ1v) is 6.51. The van der Waals surface area contributed by atoms with Crippen molar-refractivity contribution in [1.29, 1.82) is 0 Å². The van der Waals surface area contributed by atoms with Crippen LogP contribution < -0.4 is 10.5 Å². The van der Waals surface area contributed by atoms with E-state index >= 15 is 0 Å². The minimum absolute atomic E-state index is 0.621. The van der Waals surface area contributed by atoms with Crippen LogP contribution in [0, 0.1) is 0 Å². The fraction of sp³-hybridized carbons (Fsp3) is 0.308. The van der Waals surface area contributed by atoms with Crippen LogP contribution in [-0.2, 0) is 13.1 Å².